The lowest BCUT2D eigenvalue weighted by atomic mass is 10.1. The van der Waals surface area contributed by atoms with Crippen molar-refractivity contribution in [3.8, 4) is 16.9 Å². The van der Waals surface area contributed by atoms with E-state index in [1.54, 1.807) is 52.1 Å². The highest BCUT2D eigenvalue weighted by Gasteiger charge is 2.35. The van der Waals surface area contributed by atoms with E-state index in [0.717, 1.165) is 28.4 Å². The summed E-state index contributed by atoms with van der Waals surface area (Å²) in [4.78, 5) is 30.2. The molecule has 1 unspecified atom stereocenters. The molecular weight excluding hydrogens is 633 g/mol. The number of carbonyl (C=O) groups is 2. The first-order valence-electron chi connectivity index (χ1n) is 13.9. The molecule has 1 amide bonds. The summed E-state index contributed by atoms with van der Waals surface area (Å²) in [6.45, 7) is 8.31. The van der Waals surface area contributed by atoms with Crippen LogP contribution < -0.4 is 4.72 Å². The minimum atomic E-state index is -4.70. The van der Waals surface area contributed by atoms with Crippen LogP contribution in [-0.4, -0.2) is 72.6 Å². The van der Waals surface area contributed by atoms with E-state index in [0.29, 0.717) is 5.56 Å². The van der Waals surface area contributed by atoms with Crippen LogP contribution in [0.2, 0.25) is 0 Å². The molecule has 46 heavy (non-hydrogen) atoms. The fourth-order valence-electron chi connectivity index (χ4n) is 3.71. The molecule has 0 saturated carbocycles. The molecule has 3 aromatic rings. The molecule has 1 heterocycles. The second-order valence-electron chi connectivity index (χ2n) is 11.2. The molecule has 3 rings (SSSR count). The Balaban J connectivity index is 1.63. The summed E-state index contributed by atoms with van der Waals surface area (Å²) in [6.07, 6.45) is -6.98. The highest BCUT2D eigenvalue weighted by Crippen LogP contribution is 2.33. The largest absolute Gasteiger partial charge is 0.511 e. The van der Waals surface area contributed by atoms with Crippen molar-refractivity contribution in [2.24, 2.45) is 5.28 Å². The number of rotatable bonds is 11. The van der Waals surface area contributed by atoms with Gasteiger partial charge in [-0.3, -0.25) is 4.79 Å². The lowest BCUT2D eigenvalue weighted by Gasteiger charge is -2.19. The number of carbonyl (C=O) groups excluding carboxylic acids is 2. The monoisotopic (exact) mass is 669 g/mol. The molecule has 250 valence electrons. The quantitative estimate of drug-likeness (QED) is 0.0954. The molecule has 0 aliphatic heterocycles. The Morgan fingerprint density at radius 1 is 1.09 bits per heavy atom. The first-order chi connectivity index (χ1) is 21.2. The number of hydrazine groups is 1. The van der Waals surface area contributed by atoms with Gasteiger partial charge in [-0.15, -0.1) is 0 Å². The third-order valence-electron chi connectivity index (χ3n) is 6.11. The Morgan fingerprint density at radius 2 is 1.70 bits per heavy atom. The van der Waals surface area contributed by atoms with Gasteiger partial charge in [-0.05, 0) is 58.0 Å². The van der Waals surface area contributed by atoms with E-state index in [1.807, 2.05) is 11.6 Å². The van der Waals surface area contributed by atoms with E-state index < -0.39 is 45.8 Å². The zero-order valence-corrected chi connectivity index (χ0v) is 27.1. The molecule has 0 fully saturated rings. The third-order valence-corrected chi connectivity index (χ3v) is 7.50. The van der Waals surface area contributed by atoms with Crippen LogP contribution in [0.4, 0.5) is 18.0 Å². The maximum atomic E-state index is 13.5. The van der Waals surface area contributed by atoms with E-state index in [9.17, 15) is 31.2 Å². The van der Waals surface area contributed by atoms with Crippen molar-refractivity contribution in [2.75, 3.05) is 20.6 Å². The van der Waals surface area contributed by atoms with Crippen LogP contribution in [0.3, 0.4) is 0 Å². The average molecular weight is 670 g/mol. The maximum Gasteiger partial charge on any atom is 0.511 e. The van der Waals surface area contributed by atoms with Crippen molar-refractivity contribution in [2.45, 2.75) is 64.0 Å². The van der Waals surface area contributed by atoms with Gasteiger partial charge in [-0.25, -0.2) is 22.6 Å². The molecule has 2 aromatic carbocycles. The SMILES string of the molecule is Cc1ccc(-c2cc(C(F)(F)F)nn2-c2ccc(S(=O)(=O)NC(=O)CCN(C)[N+](C)=NOC(C)OC(=O)OC(C)(C)C)cc2)cc1. The summed E-state index contributed by atoms with van der Waals surface area (Å²) in [7, 11) is -1.27. The summed E-state index contributed by atoms with van der Waals surface area (Å²) < 4.78 is 79.2. The molecule has 0 saturated heterocycles. The van der Waals surface area contributed by atoms with Gasteiger partial charge in [0.15, 0.2) is 12.7 Å². The summed E-state index contributed by atoms with van der Waals surface area (Å²) in [5.74, 6) is -0.824. The Hall–Kier alpha value is -4.67. The predicted octanol–water partition coefficient (Wildman–Crippen LogP) is 5.23. The highest BCUT2D eigenvalue weighted by atomic mass is 32.2. The van der Waals surface area contributed by atoms with E-state index in [-0.39, 0.29) is 29.2 Å². The van der Waals surface area contributed by atoms with E-state index >= 15 is 0 Å². The maximum absolute atomic E-state index is 13.5. The van der Waals surface area contributed by atoms with Gasteiger partial charge >= 0.3 is 12.3 Å². The first-order valence-corrected chi connectivity index (χ1v) is 15.3. The van der Waals surface area contributed by atoms with Crippen LogP contribution in [0, 0.1) is 6.92 Å². The van der Waals surface area contributed by atoms with Crippen LogP contribution in [0.1, 0.15) is 45.4 Å². The smallest absolute Gasteiger partial charge is 0.428 e. The number of benzene rings is 2. The van der Waals surface area contributed by atoms with Gasteiger partial charge < -0.3 is 14.3 Å². The normalized spacial score (nSPS) is 13.1. The van der Waals surface area contributed by atoms with Gasteiger partial charge in [0.05, 0.1) is 36.3 Å². The summed E-state index contributed by atoms with van der Waals surface area (Å²) in [6, 6.07) is 12.7. The molecule has 1 aromatic heterocycles. The van der Waals surface area contributed by atoms with Gasteiger partial charge in [0, 0.05) is 17.3 Å². The highest BCUT2D eigenvalue weighted by molar-refractivity contribution is 7.90. The van der Waals surface area contributed by atoms with E-state index in [4.69, 9.17) is 14.3 Å². The number of aromatic nitrogens is 2. The van der Waals surface area contributed by atoms with Crippen LogP contribution in [0.5, 0.6) is 0 Å². The first kappa shape index (κ1) is 35.8. The summed E-state index contributed by atoms with van der Waals surface area (Å²) in [5.41, 5.74) is -0.118. The van der Waals surface area contributed by atoms with E-state index in [2.05, 4.69) is 10.4 Å². The summed E-state index contributed by atoms with van der Waals surface area (Å²) >= 11 is 0. The molecule has 0 radical (unpaired) electrons. The third kappa shape index (κ3) is 10.2. The number of nitrogens with one attached hydrogen (secondary N) is 1. The number of ether oxygens (including phenoxy) is 2. The van der Waals surface area contributed by atoms with Crippen molar-refractivity contribution in [3.05, 3.63) is 65.9 Å². The Kier molecular flexibility index (Phi) is 11.0. The molecule has 1 N–H and O–H groups in total. The Bertz CT molecular complexity index is 1670. The van der Waals surface area contributed by atoms with Crippen LogP contribution >= 0.6 is 0 Å². The molecule has 13 nitrogen and oxygen atoms in total. The predicted molar refractivity (Wildman–Crippen MR) is 158 cm³/mol. The number of alkyl halides is 3. The van der Waals surface area contributed by atoms with Crippen molar-refractivity contribution in [1.82, 2.24) is 19.5 Å². The molecular formula is C29H36F3N6O7S+. The molecule has 1 atom stereocenters. The van der Waals surface area contributed by atoms with Crippen molar-refractivity contribution in [1.29, 1.82) is 0 Å². The van der Waals surface area contributed by atoms with Crippen LogP contribution in [-0.2, 0) is 35.3 Å². The average Bonchev–Trinajstić information content (AvgIpc) is 3.40. The number of aryl methyl sites for hydroxylation is 1. The fraction of sp³-hybridized carbons (Fsp3) is 0.414. The van der Waals surface area contributed by atoms with Gasteiger partial charge in [-0.1, -0.05) is 29.8 Å². The summed E-state index contributed by atoms with van der Waals surface area (Å²) in [5, 5.41) is 8.91. The standard InChI is InChI=1S/C29H35F3N6O7S/c1-19-8-10-21(11-9-19)24-18-25(29(30,31)32)33-38(24)22-12-14-23(15-13-22)46(41,42)34-26(39)16-17-36(6)37(7)35-45-20(2)43-27(40)44-28(3,4)5/h8-15,18,20H,16-17H2,1-7H3/p+1. The van der Waals surface area contributed by atoms with Crippen molar-refractivity contribution < 1.29 is 50.3 Å². The lowest BCUT2D eigenvalue weighted by molar-refractivity contribution is -0.735. The van der Waals surface area contributed by atoms with E-state index in [1.165, 1.54) is 35.9 Å². The van der Waals surface area contributed by atoms with Gasteiger partial charge in [0.1, 0.15) is 5.60 Å². The van der Waals surface area contributed by atoms with Crippen LogP contribution in [0.25, 0.3) is 16.9 Å². The number of sulfonamides is 1. The van der Waals surface area contributed by atoms with Crippen molar-refractivity contribution >= 4 is 22.1 Å². The minimum Gasteiger partial charge on any atom is -0.428 e. The van der Waals surface area contributed by atoms with Gasteiger partial charge in [0.2, 0.25) is 11.2 Å². The van der Waals surface area contributed by atoms with Crippen molar-refractivity contribution in [3.63, 3.8) is 0 Å². The number of hydrogen-bond donors (Lipinski definition) is 1. The molecule has 0 spiro atoms. The van der Waals surface area contributed by atoms with Gasteiger partial charge in [0.25, 0.3) is 16.3 Å². The zero-order valence-electron chi connectivity index (χ0n) is 26.3. The van der Waals surface area contributed by atoms with Crippen LogP contribution in [0.15, 0.2) is 64.8 Å². The molecule has 17 heteroatoms. The molecule has 0 bridgehead atoms. The zero-order chi connectivity index (χ0) is 34.4. The number of halogens is 3. The lowest BCUT2D eigenvalue weighted by Crippen LogP contribution is -2.35. The Labute approximate surface area is 264 Å². The fourth-order valence-corrected chi connectivity index (χ4v) is 4.72. The number of nitrogens with zero attached hydrogens (tertiary/aromatic N) is 5. The second kappa shape index (κ2) is 14.2. The second-order valence-corrected chi connectivity index (χ2v) is 12.9. The minimum absolute atomic E-state index is 0.0214. The molecule has 0 aliphatic carbocycles. The number of amides is 1. The van der Waals surface area contributed by atoms with Gasteiger partial charge in [-0.2, -0.15) is 23.3 Å². The molecule has 0 aliphatic rings. The topological polar surface area (TPSA) is 144 Å². The Morgan fingerprint density at radius 3 is 2.26 bits per heavy atom. The number of hydrogen-bond acceptors (Lipinski definition) is 9.